The van der Waals surface area contributed by atoms with E-state index in [-0.39, 0.29) is 5.92 Å². The summed E-state index contributed by atoms with van der Waals surface area (Å²) >= 11 is 0. The van der Waals surface area contributed by atoms with Gasteiger partial charge in [0.1, 0.15) is 5.78 Å². The lowest BCUT2D eigenvalue weighted by Gasteiger charge is -2.39. The zero-order valence-corrected chi connectivity index (χ0v) is 9.79. The molecule has 0 saturated carbocycles. The van der Waals surface area contributed by atoms with Gasteiger partial charge in [-0.15, -0.1) is 5.92 Å². The van der Waals surface area contributed by atoms with E-state index in [1.165, 1.54) is 0 Å². The van der Waals surface area contributed by atoms with E-state index >= 15 is 0 Å². The third-order valence-corrected chi connectivity index (χ3v) is 3.27. The molecule has 2 rings (SSSR count). The molecule has 0 aromatic heterocycles. The lowest BCUT2D eigenvalue weighted by atomic mass is 9.83. The predicted octanol–water partition coefficient (Wildman–Crippen LogP) is 1.13. The first-order chi connectivity index (χ1) is 7.79. The van der Waals surface area contributed by atoms with E-state index in [0.29, 0.717) is 24.3 Å². The minimum Gasteiger partial charge on any atom is -0.378 e. The van der Waals surface area contributed by atoms with Crippen molar-refractivity contribution in [2.24, 2.45) is 5.92 Å². The molecule has 0 spiro atoms. The number of carbonyl (C=O) groups is 1. The van der Waals surface area contributed by atoms with Crippen LogP contribution >= 0.6 is 0 Å². The number of ketones is 1. The Morgan fingerprint density at radius 3 is 2.62 bits per heavy atom. The number of morpholine rings is 1. The van der Waals surface area contributed by atoms with Gasteiger partial charge in [0.2, 0.25) is 0 Å². The molecular formula is C13H19NO2. The van der Waals surface area contributed by atoms with Gasteiger partial charge in [-0.25, -0.2) is 0 Å². The molecule has 1 N–H and O–H groups in total. The van der Waals surface area contributed by atoms with Crippen molar-refractivity contribution in [2.45, 2.75) is 44.7 Å². The first kappa shape index (κ1) is 11.6. The number of rotatable bonds is 2. The monoisotopic (exact) mass is 221 g/mol. The fourth-order valence-electron chi connectivity index (χ4n) is 2.52. The van der Waals surface area contributed by atoms with Gasteiger partial charge in [0.05, 0.1) is 19.6 Å². The summed E-state index contributed by atoms with van der Waals surface area (Å²) in [6, 6.07) is 0.751. The number of piperidine rings is 1. The molecule has 3 heteroatoms. The highest BCUT2D eigenvalue weighted by Crippen LogP contribution is 2.25. The van der Waals surface area contributed by atoms with Gasteiger partial charge in [0.15, 0.2) is 0 Å². The first-order valence-electron chi connectivity index (χ1n) is 6.11. The molecule has 0 aromatic rings. The molecule has 0 aliphatic carbocycles. The summed E-state index contributed by atoms with van der Waals surface area (Å²) in [4.78, 5) is 11.9. The predicted molar refractivity (Wildman–Crippen MR) is 61.9 cm³/mol. The van der Waals surface area contributed by atoms with Crippen LogP contribution in [0.15, 0.2) is 0 Å². The van der Waals surface area contributed by atoms with Gasteiger partial charge in [-0.05, 0) is 12.8 Å². The maximum Gasteiger partial charge on any atom is 0.147 e. The van der Waals surface area contributed by atoms with Gasteiger partial charge in [0.25, 0.3) is 0 Å². The normalized spacial score (nSPS) is 32.7. The maximum absolute atomic E-state index is 11.9. The summed E-state index contributed by atoms with van der Waals surface area (Å²) in [7, 11) is 0. The summed E-state index contributed by atoms with van der Waals surface area (Å²) in [5, 5.41) is 3.49. The molecule has 2 fully saturated rings. The fraction of sp³-hybridized carbons (Fsp3) is 0.769. The maximum atomic E-state index is 11.9. The average Bonchev–Trinajstić information content (AvgIpc) is 2.28. The number of hydrogen-bond donors (Lipinski definition) is 1. The van der Waals surface area contributed by atoms with E-state index in [1.54, 1.807) is 0 Å². The number of ether oxygens (including phenoxy) is 1. The Labute approximate surface area is 96.9 Å². The average molecular weight is 221 g/mol. The molecule has 2 unspecified atom stereocenters. The van der Waals surface area contributed by atoms with E-state index in [0.717, 1.165) is 32.5 Å². The smallest absolute Gasteiger partial charge is 0.147 e. The van der Waals surface area contributed by atoms with Crippen molar-refractivity contribution in [2.75, 3.05) is 13.2 Å². The van der Waals surface area contributed by atoms with Gasteiger partial charge in [-0.3, -0.25) is 4.79 Å². The standard InChI is InChI=1S/C13H19NO2/c1-2-3-4-5-13(15)10-6-11-8-16-9-12(7-10)14-11/h10-12,14H,2,5-9H2,1H3. The number of hydrogen-bond acceptors (Lipinski definition) is 3. The van der Waals surface area contributed by atoms with Crippen LogP contribution in [0.3, 0.4) is 0 Å². The Balaban J connectivity index is 1.87. The van der Waals surface area contributed by atoms with Crippen molar-refractivity contribution in [3.63, 3.8) is 0 Å². The molecule has 2 aliphatic heterocycles. The molecular weight excluding hydrogens is 202 g/mol. The van der Waals surface area contributed by atoms with Crippen molar-refractivity contribution >= 4 is 5.78 Å². The van der Waals surface area contributed by atoms with Gasteiger partial charge in [-0.2, -0.15) is 0 Å². The highest BCUT2D eigenvalue weighted by Gasteiger charge is 2.34. The summed E-state index contributed by atoms with van der Waals surface area (Å²) in [5.41, 5.74) is 0. The Kier molecular flexibility index (Phi) is 3.98. The van der Waals surface area contributed by atoms with Crippen LogP contribution in [-0.2, 0) is 9.53 Å². The summed E-state index contributed by atoms with van der Waals surface area (Å²) in [6.07, 6.45) is 3.10. The molecule has 0 aromatic carbocycles. The largest absolute Gasteiger partial charge is 0.378 e. The van der Waals surface area contributed by atoms with Crippen LogP contribution in [0.25, 0.3) is 0 Å². The molecule has 2 atom stereocenters. The molecule has 0 amide bonds. The van der Waals surface area contributed by atoms with Gasteiger partial charge in [-0.1, -0.05) is 12.8 Å². The second-order valence-electron chi connectivity index (χ2n) is 4.62. The third kappa shape index (κ3) is 2.84. The van der Waals surface area contributed by atoms with Gasteiger partial charge in [0, 0.05) is 24.4 Å². The number of fused-ring (bicyclic) bond motifs is 2. The summed E-state index contributed by atoms with van der Waals surface area (Å²) in [5.74, 6) is 6.42. The lowest BCUT2D eigenvalue weighted by molar-refractivity contribution is -0.124. The second-order valence-corrected chi connectivity index (χ2v) is 4.62. The van der Waals surface area contributed by atoms with E-state index in [4.69, 9.17) is 4.74 Å². The van der Waals surface area contributed by atoms with E-state index < -0.39 is 0 Å². The van der Waals surface area contributed by atoms with Crippen molar-refractivity contribution in [3.05, 3.63) is 0 Å². The highest BCUT2D eigenvalue weighted by molar-refractivity contribution is 5.83. The van der Waals surface area contributed by atoms with Crippen LogP contribution in [0.1, 0.15) is 32.6 Å². The second kappa shape index (κ2) is 5.47. The fourth-order valence-corrected chi connectivity index (χ4v) is 2.52. The quantitative estimate of drug-likeness (QED) is 0.710. The Bertz CT molecular complexity index is 304. The Hall–Kier alpha value is -0.850. The zero-order chi connectivity index (χ0) is 11.4. The van der Waals surface area contributed by atoms with E-state index in [2.05, 4.69) is 17.2 Å². The molecule has 2 saturated heterocycles. The van der Waals surface area contributed by atoms with Crippen LogP contribution in [0.2, 0.25) is 0 Å². The van der Waals surface area contributed by atoms with Crippen LogP contribution in [0.4, 0.5) is 0 Å². The minimum atomic E-state index is 0.200. The summed E-state index contributed by atoms with van der Waals surface area (Å²) in [6.45, 7) is 3.51. The van der Waals surface area contributed by atoms with Crippen LogP contribution in [-0.4, -0.2) is 31.1 Å². The van der Waals surface area contributed by atoms with Gasteiger partial charge >= 0.3 is 0 Å². The van der Waals surface area contributed by atoms with Crippen LogP contribution < -0.4 is 5.32 Å². The van der Waals surface area contributed by atoms with Crippen LogP contribution in [0.5, 0.6) is 0 Å². The molecule has 16 heavy (non-hydrogen) atoms. The zero-order valence-electron chi connectivity index (χ0n) is 9.79. The van der Waals surface area contributed by atoms with E-state index in [9.17, 15) is 4.79 Å². The molecule has 0 radical (unpaired) electrons. The van der Waals surface area contributed by atoms with E-state index in [1.807, 2.05) is 6.92 Å². The number of nitrogens with one attached hydrogen (secondary N) is 1. The number of Topliss-reactive ketones (excluding diaryl/α,β-unsaturated/α-hetero) is 1. The van der Waals surface area contributed by atoms with Gasteiger partial charge < -0.3 is 10.1 Å². The molecule has 2 bridgehead atoms. The highest BCUT2D eigenvalue weighted by atomic mass is 16.5. The van der Waals surface area contributed by atoms with Crippen LogP contribution in [0, 0.1) is 17.8 Å². The Morgan fingerprint density at radius 2 is 2.00 bits per heavy atom. The van der Waals surface area contributed by atoms with Crippen molar-refractivity contribution in [1.29, 1.82) is 0 Å². The molecule has 2 aliphatic rings. The first-order valence-corrected chi connectivity index (χ1v) is 6.11. The lowest BCUT2D eigenvalue weighted by Crippen LogP contribution is -2.55. The number of carbonyl (C=O) groups excluding carboxylic acids is 1. The summed E-state index contributed by atoms with van der Waals surface area (Å²) < 4.78 is 5.46. The Morgan fingerprint density at radius 1 is 1.31 bits per heavy atom. The molecule has 88 valence electrons. The molecule has 3 nitrogen and oxygen atoms in total. The van der Waals surface area contributed by atoms with Crippen molar-refractivity contribution in [3.8, 4) is 11.8 Å². The van der Waals surface area contributed by atoms with Crippen molar-refractivity contribution in [1.82, 2.24) is 5.32 Å². The minimum absolute atomic E-state index is 0.200. The SMILES string of the molecule is CCC#CCC(=O)C1CC2COCC(C1)N2. The van der Waals surface area contributed by atoms with Crippen molar-refractivity contribution < 1.29 is 9.53 Å². The molecule has 2 heterocycles. The topological polar surface area (TPSA) is 38.3 Å². The third-order valence-electron chi connectivity index (χ3n) is 3.27.